The van der Waals surface area contributed by atoms with E-state index in [-0.39, 0.29) is 17.4 Å². The third kappa shape index (κ3) is 5.38. The van der Waals surface area contributed by atoms with Crippen LogP contribution in [0.2, 0.25) is 0 Å². The molecule has 41 heavy (non-hydrogen) atoms. The number of aryl methyl sites for hydroxylation is 2. The van der Waals surface area contributed by atoms with E-state index in [1.165, 1.54) is 47.3 Å². The zero-order valence-electron chi connectivity index (χ0n) is 21.8. The van der Waals surface area contributed by atoms with Gasteiger partial charge in [-0.15, -0.1) is 13.2 Å². The first-order chi connectivity index (χ1) is 19.7. The van der Waals surface area contributed by atoms with E-state index < -0.39 is 6.36 Å². The van der Waals surface area contributed by atoms with E-state index in [1.54, 1.807) is 17.0 Å². The maximum atomic E-state index is 12.5. The third-order valence-corrected chi connectivity index (χ3v) is 7.36. The molecule has 3 aromatic carbocycles. The molecule has 0 radical (unpaired) electrons. The maximum Gasteiger partial charge on any atom is 0.573 e. The second-order valence-corrected chi connectivity index (χ2v) is 10.2. The van der Waals surface area contributed by atoms with Gasteiger partial charge in [-0.25, -0.2) is 15.0 Å². The first kappa shape index (κ1) is 26.5. The Kier molecular flexibility index (Phi) is 6.70. The number of benzene rings is 3. The molecule has 0 unspecified atom stereocenters. The monoisotopic (exact) mass is 574 g/mol. The quantitative estimate of drug-likeness (QED) is 0.219. The van der Waals surface area contributed by atoms with Gasteiger partial charge in [-0.1, -0.05) is 30.0 Å². The van der Waals surface area contributed by atoms with Crippen LogP contribution >= 0.6 is 11.8 Å². The fourth-order valence-corrected chi connectivity index (χ4v) is 5.33. The Labute approximate surface area is 236 Å². The van der Waals surface area contributed by atoms with Crippen LogP contribution in [-0.4, -0.2) is 48.9 Å². The van der Waals surface area contributed by atoms with Gasteiger partial charge in [0.2, 0.25) is 0 Å². The number of hydrogen-bond donors (Lipinski definition) is 0. The number of ether oxygens (including phenoxy) is 1. The SMILES string of the molecule is Cc1cccc(C)c1N=C1SCC(=O)N1/N=C/c1ccc2c(ccc3c2ncn3-c2ccc(OC(F)(F)F)cc2)n1. The number of amides is 1. The number of halogens is 3. The molecular weight excluding hydrogens is 553 g/mol. The number of thioether (sulfide) groups is 1. The summed E-state index contributed by atoms with van der Waals surface area (Å²) in [6, 6.07) is 18.8. The summed E-state index contributed by atoms with van der Waals surface area (Å²) in [5.41, 5.74) is 6.14. The summed E-state index contributed by atoms with van der Waals surface area (Å²) in [5.74, 6) is -0.208. The second-order valence-electron chi connectivity index (χ2n) is 9.27. The number of para-hydroxylation sites is 1. The second kappa shape index (κ2) is 10.4. The Bertz CT molecular complexity index is 1840. The van der Waals surface area contributed by atoms with Gasteiger partial charge in [0.1, 0.15) is 12.1 Å². The standard InChI is InChI=1S/C29H21F3N6O2S/c1-17-4-3-5-18(2)26(17)36-28-38(25(39)15-41-28)34-14-19-6-11-22-23(35-19)12-13-24-27(22)33-16-37(24)20-7-9-21(10-8-20)40-29(30,31)32/h3-14,16H,15H2,1-2H3/b34-14+,36-28?. The van der Waals surface area contributed by atoms with Gasteiger partial charge in [0, 0.05) is 11.1 Å². The van der Waals surface area contributed by atoms with Crippen LogP contribution in [0.15, 0.2) is 83.2 Å². The van der Waals surface area contributed by atoms with Crippen molar-refractivity contribution < 1.29 is 22.7 Å². The molecule has 0 saturated carbocycles. The smallest absolute Gasteiger partial charge is 0.406 e. The van der Waals surface area contributed by atoms with Gasteiger partial charge in [-0.05, 0) is 73.5 Å². The number of fused-ring (bicyclic) bond motifs is 3. The molecule has 1 saturated heterocycles. The molecule has 5 aromatic rings. The molecule has 0 aliphatic carbocycles. The molecule has 206 valence electrons. The number of rotatable bonds is 5. The Morgan fingerprint density at radius 3 is 2.49 bits per heavy atom. The van der Waals surface area contributed by atoms with Crippen LogP contribution in [0.4, 0.5) is 18.9 Å². The molecule has 0 N–H and O–H groups in total. The Hall–Kier alpha value is -4.71. The minimum absolute atomic E-state index is 0.165. The Morgan fingerprint density at radius 2 is 1.76 bits per heavy atom. The number of hydrazone groups is 1. The van der Waals surface area contributed by atoms with Crippen molar-refractivity contribution >= 4 is 56.7 Å². The van der Waals surface area contributed by atoms with Gasteiger partial charge in [0.15, 0.2) is 5.17 Å². The fourth-order valence-electron chi connectivity index (χ4n) is 4.53. The molecule has 6 rings (SSSR count). The van der Waals surface area contributed by atoms with Gasteiger partial charge < -0.3 is 4.74 Å². The zero-order chi connectivity index (χ0) is 28.7. The van der Waals surface area contributed by atoms with E-state index in [1.807, 2.05) is 50.2 Å². The van der Waals surface area contributed by atoms with E-state index in [9.17, 15) is 18.0 Å². The van der Waals surface area contributed by atoms with Crippen LogP contribution in [0, 0.1) is 13.8 Å². The number of pyridine rings is 1. The zero-order valence-corrected chi connectivity index (χ0v) is 22.6. The van der Waals surface area contributed by atoms with Crippen LogP contribution in [-0.2, 0) is 4.79 Å². The molecule has 1 amide bonds. The van der Waals surface area contributed by atoms with E-state index in [0.717, 1.165) is 27.7 Å². The topological polar surface area (TPSA) is 85.0 Å². The number of alkyl halides is 3. The van der Waals surface area contributed by atoms with Crippen LogP contribution in [0.25, 0.3) is 27.6 Å². The molecule has 0 bridgehead atoms. The van der Waals surface area contributed by atoms with Gasteiger partial charge in [-0.2, -0.15) is 10.1 Å². The number of aromatic nitrogens is 3. The Balaban J connectivity index is 1.27. The lowest BCUT2D eigenvalue weighted by Gasteiger charge is -2.11. The highest BCUT2D eigenvalue weighted by atomic mass is 32.2. The number of carbonyl (C=O) groups is 1. The van der Waals surface area contributed by atoms with Crippen molar-refractivity contribution in [1.29, 1.82) is 0 Å². The predicted octanol–water partition coefficient (Wildman–Crippen LogP) is 6.69. The summed E-state index contributed by atoms with van der Waals surface area (Å²) in [6.45, 7) is 3.95. The van der Waals surface area contributed by atoms with Gasteiger partial charge in [-0.3, -0.25) is 9.36 Å². The van der Waals surface area contributed by atoms with Gasteiger partial charge in [0.25, 0.3) is 5.91 Å². The highest BCUT2D eigenvalue weighted by molar-refractivity contribution is 8.15. The lowest BCUT2D eigenvalue weighted by atomic mass is 10.1. The molecule has 1 aliphatic heterocycles. The van der Waals surface area contributed by atoms with E-state index in [4.69, 9.17) is 4.99 Å². The molecule has 3 heterocycles. The summed E-state index contributed by atoms with van der Waals surface area (Å²) in [7, 11) is 0. The molecule has 8 nitrogen and oxygen atoms in total. The summed E-state index contributed by atoms with van der Waals surface area (Å²) >= 11 is 1.34. The number of imidazole rings is 1. The van der Waals surface area contributed by atoms with E-state index in [0.29, 0.717) is 27.6 Å². The van der Waals surface area contributed by atoms with Crippen LogP contribution in [0.5, 0.6) is 5.75 Å². The van der Waals surface area contributed by atoms with E-state index >= 15 is 0 Å². The number of amidine groups is 1. The lowest BCUT2D eigenvalue weighted by molar-refractivity contribution is -0.274. The normalized spacial score (nSPS) is 15.2. The number of carbonyl (C=O) groups excluding carboxylic acids is 1. The average molecular weight is 575 g/mol. The largest absolute Gasteiger partial charge is 0.573 e. The molecule has 12 heteroatoms. The number of hydrogen-bond acceptors (Lipinski definition) is 7. The third-order valence-electron chi connectivity index (χ3n) is 6.45. The molecule has 2 aromatic heterocycles. The van der Waals surface area contributed by atoms with Crippen molar-refractivity contribution in [3.63, 3.8) is 0 Å². The number of aliphatic imine (C=N–C) groups is 1. The molecular formula is C29H21F3N6O2S. The number of nitrogens with zero attached hydrogens (tertiary/aromatic N) is 6. The highest BCUT2D eigenvalue weighted by Crippen LogP contribution is 2.30. The molecule has 1 aliphatic rings. The van der Waals surface area contributed by atoms with Crippen LogP contribution < -0.4 is 4.74 Å². The molecule has 0 atom stereocenters. The fraction of sp³-hybridized carbons (Fsp3) is 0.138. The summed E-state index contributed by atoms with van der Waals surface area (Å²) in [4.78, 5) is 26.5. The predicted molar refractivity (Wildman–Crippen MR) is 153 cm³/mol. The van der Waals surface area contributed by atoms with Crippen molar-refractivity contribution in [2.75, 3.05) is 5.75 Å². The first-order valence-electron chi connectivity index (χ1n) is 12.4. The first-order valence-corrected chi connectivity index (χ1v) is 13.4. The van der Waals surface area contributed by atoms with Crippen molar-refractivity contribution in [1.82, 2.24) is 19.5 Å². The minimum atomic E-state index is -4.75. The Morgan fingerprint density at radius 1 is 1.00 bits per heavy atom. The molecule has 0 spiro atoms. The average Bonchev–Trinajstić information content (AvgIpc) is 3.52. The van der Waals surface area contributed by atoms with Gasteiger partial charge in [0.05, 0.1) is 39.9 Å². The van der Waals surface area contributed by atoms with Crippen molar-refractivity contribution in [3.8, 4) is 11.4 Å². The summed E-state index contributed by atoms with van der Waals surface area (Å²) < 4.78 is 43.2. The van der Waals surface area contributed by atoms with Crippen LogP contribution in [0.1, 0.15) is 16.8 Å². The van der Waals surface area contributed by atoms with Crippen molar-refractivity contribution in [3.05, 3.63) is 89.9 Å². The minimum Gasteiger partial charge on any atom is -0.406 e. The van der Waals surface area contributed by atoms with Crippen molar-refractivity contribution in [2.24, 2.45) is 10.1 Å². The van der Waals surface area contributed by atoms with Crippen molar-refractivity contribution in [2.45, 2.75) is 20.2 Å². The highest BCUT2D eigenvalue weighted by Gasteiger charge is 2.31. The summed E-state index contributed by atoms with van der Waals surface area (Å²) in [6.07, 6.45) is -1.62. The van der Waals surface area contributed by atoms with Crippen LogP contribution in [0.3, 0.4) is 0 Å². The van der Waals surface area contributed by atoms with E-state index in [2.05, 4.69) is 19.8 Å². The molecule has 1 fully saturated rings. The lowest BCUT2D eigenvalue weighted by Crippen LogP contribution is -2.24. The van der Waals surface area contributed by atoms with Gasteiger partial charge >= 0.3 is 6.36 Å². The maximum absolute atomic E-state index is 12.5. The summed E-state index contributed by atoms with van der Waals surface area (Å²) in [5, 5.41) is 7.00.